The molecule has 0 aromatic heterocycles. The molecule has 3 aromatic rings. The second kappa shape index (κ2) is 9.55. The van der Waals surface area contributed by atoms with E-state index in [2.05, 4.69) is 16.0 Å². The van der Waals surface area contributed by atoms with Gasteiger partial charge >= 0.3 is 6.03 Å². The maximum atomic E-state index is 12.9. The highest BCUT2D eigenvalue weighted by Gasteiger charge is 2.15. The summed E-state index contributed by atoms with van der Waals surface area (Å²) < 4.78 is 0. The molecule has 0 aliphatic heterocycles. The standard InChI is InChI=1S/C24H25N3O2/c1-3-17-11-5-8-14-20(17)25-23(28)19-13-7-10-16-22(19)27-24(29)26-21-15-9-6-12-18(21)4-2/h5-16H,3-4H2,1-2H3,(H,25,28)(H2,26,27,29). The molecule has 148 valence electrons. The number of rotatable bonds is 6. The lowest BCUT2D eigenvalue weighted by Gasteiger charge is -2.14. The monoisotopic (exact) mass is 387 g/mol. The van der Waals surface area contributed by atoms with Crippen molar-refractivity contribution in [3.05, 3.63) is 89.5 Å². The second-order valence-electron chi connectivity index (χ2n) is 6.60. The number of urea groups is 1. The Bertz CT molecular complexity index is 1010. The van der Waals surface area contributed by atoms with Crippen LogP contribution in [0.25, 0.3) is 0 Å². The smallest absolute Gasteiger partial charge is 0.322 e. The lowest BCUT2D eigenvalue weighted by molar-refractivity contribution is 0.102. The van der Waals surface area contributed by atoms with E-state index in [0.29, 0.717) is 11.3 Å². The Hall–Kier alpha value is -3.60. The predicted molar refractivity (Wildman–Crippen MR) is 119 cm³/mol. The van der Waals surface area contributed by atoms with Gasteiger partial charge in [-0.2, -0.15) is 0 Å². The molecule has 3 rings (SSSR count). The Morgan fingerprint density at radius 2 is 1.07 bits per heavy atom. The number of carbonyl (C=O) groups excluding carboxylic acids is 2. The largest absolute Gasteiger partial charge is 0.323 e. The highest BCUT2D eigenvalue weighted by atomic mass is 16.2. The summed E-state index contributed by atoms with van der Waals surface area (Å²) in [6.45, 7) is 4.07. The average Bonchev–Trinajstić information content (AvgIpc) is 2.74. The molecule has 0 saturated heterocycles. The van der Waals surface area contributed by atoms with E-state index in [9.17, 15) is 9.59 Å². The SMILES string of the molecule is CCc1ccccc1NC(=O)Nc1ccccc1C(=O)Nc1ccccc1CC. The Morgan fingerprint density at radius 3 is 1.66 bits per heavy atom. The summed E-state index contributed by atoms with van der Waals surface area (Å²) in [6.07, 6.45) is 1.63. The van der Waals surface area contributed by atoms with Crippen molar-refractivity contribution < 1.29 is 9.59 Å². The molecule has 0 fully saturated rings. The van der Waals surface area contributed by atoms with Crippen LogP contribution < -0.4 is 16.0 Å². The van der Waals surface area contributed by atoms with Crippen LogP contribution in [-0.2, 0) is 12.8 Å². The van der Waals surface area contributed by atoms with E-state index >= 15 is 0 Å². The zero-order valence-corrected chi connectivity index (χ0v) is 16.7. The maximum Gasteiger partial charge on any atom is 0.323 e. The van der Waals surface area contributed by atoms with Crippen molar-refractivity contribution in [1.29, 1.82) is 0 Å². The fourth-order valence-electron chi connectivity index (χ4n) is 3.16. The van der Waals surface area contributed by atoms with E-state index in [1.165, 1.54) is 0 Å². The van der Waals surface area contributed by atoms with Gasteiger partial charge < -0.3 is 16.0 Å². The number of hydrogen-bond acceptors (Lipinski definition) is 2. The van der Waals surface area contributed by atoms with E-state index in [-0.39, 0.29) is 11.9 Å². The molecular weight excluding hydrogens is 362 g/mol. The molecule has 5 nitrogen and oxygen atoms in total. The first-order valence-electron chi connectivity index (χ1n) is 9.76. The van der Waals surface area contributed by atoms with Crippen LogP contribution in [0.4, 0.5) is 21.9 Å². The highest BCUT2D eigenvalue weighted by molar-refractivity contribution is 6.11. The van der Waals surface area contributed by atoms with Gasteiger partial charge in [0.05, 0.1) is 11.3 Å². The van der Waals surface area contributed by atoms with Crippen LogP contribution in [0.15, 0.2) is 72.8 Å². The Kier molecular flexibility index (Phi) is 6.63. The molecule has 0 heterocycles. The zero-order chi connectivity index (χ0) is 20.6. The number of amides is 3. The van der Waals surface area contributed by atoms with Crippen LogP contribution in [0.1, 0.15) is 35.3 Å². The van der Waals surface area contributed by atoms with Crippen molar-refractivity contribution in [2.75, 3.05) is 16.0 Å². The third kappa shape index (κ3) is 5.02. The Balaban J connectivity index is 1.76. The molecule has 29 heavy (non-hydrogen) atoms. The van der Waals surface area contributed by atoms with E-state index in [4.69, 9.17) is 0 Å². The number of benzene rings is 3. The van der Waals surface area contributed by atoms with Gasteiger partial charge in [-0.3, -0.25) is 4.79 Å². The van der Waals surface area contributed by atoms with Gasteiger partial charge in [0, 0.05) is 11.4 Å². The zero-order valence-electron chi connectivity index (χ0n) is 16.7. The van der Waals surface area contributed by atoms with Crippen LogP contribution >= 0.6 is 0 Å². The van der Waals surface area contributed by atoms with Crippen LogP contribution in [0, 0.1) is 0 Å². The molecule has 0 unspecified atom stereocenters. The lowest BCUT2D eigenvalue weighted by atomic mass is 10.1. The third-order valence-electron chi connectivity index (χ3n) is 4.71. The summed E-state index contributed by atoms with van der Waals surface area (Å²) in [5.74, 6) is -0.268. The average molecular weight is 387 g/mol. The maximum absolute atomic E-state index is 12.9. The Morgan fingerprint density at radius 1 is 0.621 bits per heavy atom. The van der Waals surface area contributed by atoms with Crippen LogP contribution in [0.5, 0.6) is 0 Å². The van der Waals surface area contributed by atoms with Gasteiger partial charge in [-0.25, -0.2) is 4.79 Å². The molecule has 0 saturated carbocycles. The van der Waals surface area contributed by atoms with Crippen molar-refractivity contribution in [2.45, 2.75) is 26.7 Å². The van der Waals surface area contributed by atoms with Crippen molar-refractivity contribution >= 4 is 29.0 Å². The number of aryl methyl sites for hydroxylation is 2. The predicted octanol–water partition coefficient (Wildman–Crippen LogP) is 5.71. The minimum atomic E-state index is -0.389. The number of carbonyl (C=O) groups is 2. The number of nitrogens with one attached hydrogen (secondary N) is 3. The minimum Gasteiger partial charge on any atom is -0.322 e. The summed E-state index contributed by atoms with van der Waals surface area (Å²) in [7, 11) is 0. The van der Waals surface area contributed by atoms with Crippen molar-refractivity contribution in [2.24, 2.45) is 0 Å². The molecular formula is C24H25N3O2. The fourth-order valence-corrected chi connectivity index (χ4v) is 3.16. The van der Waals surface area contributed by atoms with E-state index in [1.807, 2.05) is 62.4 Å². The quantitative estimate of drug-likeness (QED) is 0.507. The lowest BCUT2D eigenvalue weighted by Crippen LogP contribution is -2.23. The highest BCUT2D eigenvalue weighted by Crippen LogP contribution is 2.21. The topological polar surface area (TPSA) is 70.2 Å². The summed E-state index contributed by atoms with van der Waals surface area (Å²) in [5, 5.41) is 8.61. The first-order chi connectivity index (χ1) is 14.1. The van der Waals surface area contributed by atoms with E-state index in [0.717, 1.165) is 35.3 Å². The number of para-hydroxylation sites is 3. The second-order valence-corrected chi connectivity index (χ2v) is 6.60. The van der Waals surface area contributed by atoms with Gasteiger partial charge in [0.2, 0.25) is 0 Å². The molecule has 3 N–H and O–H groups in total. The Labute approximate surface area is 171 Å². The summed E-state index contributed by atoms with van der Waals surface area (Å²) in [5.41, 5.74) is 4.48. The molecule has 0 atom stereocenters. The minimum absolute atomic E-state index is 0.268. The van der Waals surface area contributed by atoms with Gasteiger partial charge in [-0.15, -0.1) is 0 Å². The van der Waals surface area contributed by atoms with Crippen molar-refractivity contribution in [3.63, 3.8) is 0 Å². The van der Waals surface area contributed by atoms with Gasteiger partial charge in [-0.05, 0) is 48.2 Å². The molecule has 3 aromatic carbocycles. The fraction of sp³-hybridized carbons (Fsp3) is 0.167. The first kappa shape index (κ1) is 20.1. The van der Waals surface area contributed by atoms with Gasteiger partial charge in [-0.1, -0.05) is 62.4 Å². The number of hydrogen-bond donors (Lipinski definition) is 3. The summed E-state index contributed by atoms with van der Waals surface area (Å²) >= 11 is 0. The van der Waals surface area contributed by atoms with E-state index < -0.39 is 0 Å². The van der Waals surface area contributed by atoms with E-state index in [1.54, 1.807) is 24.3 Å². The van der Waals surface area contributed by atoms with Gasteiger partial charge in [0.1, 0.15) is 0 Å². The molecule has 0 spiro atoms. The summed E-state index contributed by atoms with van der Waals surface area (Å²) in [6, 6.07) is 21.9. The molecule has 0 bridgehead atoms. The van der Waals surface area contributed by atoms with Crippen molar-refractivity contribution in [1.82, 2.24) is 0 Å². The normalized spacial score (nSPS) is 10.3. The van der Waals surface area contributed by atoms with Crippen LogP contribution in [-0.4, -0.2) is 11.9 Å². The molecule has 3 amide bonds. The first-order valence-corrected chi connectivity index (χ1v) is 9.76. The molecule has 5 heteroatoms. The molecule has 0 radical (unpaired) electrons. The summed E-state index contributed by atoms with van der Waals surface area (Å²) in [4.78, 5) is 25.4. The molecule has 0 aliphatic carbocycles. The third-order valence-corrected chi connectivity index (χ3v) is 4.71. The van der Waals surface area contributed by atoms with Gasteiger partial charge in [0.15, 0.2) is 0 Å². The van der Waals surface area contributed by atoms with Crippen molar-refractivity contribution in [3.8, 4) is 0 Å². The van der Waals surface area contributed by atoms with Crippen LogP contribution in [0.2, 0.25) is 0 Å². The molecule has 0 aliphatic rings. The van der Waals surface area contributed by atoms with Gasteiger partial charge in [0.25, 0.3) is 5.91 Å². The number of anilines is 3. The van der Waals surface area contributed by atoms with Crippen LogP contribution in [0.3, 0.4) is 0 Å².